The minimum atomic E-state index is -2.79. The lowest BCUT2D eigenvalue weighted by Gasteiger charge is -2.19. The summed E-state index contributed by atoms with van der Waals surface area (Å²) in [6.45, 7) is 1.44. The van der Waals surface area contributed by atoms with Crippen LogP contribution in [0.15, 0.2) is 0 Å². The molecule has 0 bridgehead atoms. The van der Waals surface area contributed by atoms with E-state index in [0.29, 0.717) is 0 Å². The Bertz CT molecular complexity index is 192. The van der Waals surface area contributed by atoms with Crippen LogP contribution in [0.5, 0.6) is 0 Å². The van der Waals surface area contributed by atoms with Crippen LogP contribution in [0.1, 0.15) is 12.8 Å². The SMILES string of the molecule is CS(=O)(=O)C1CC[N]CC1. The molecule has 1 fully saturated rings. The first kappa shape index (κ1) is 8.01. The highest BCUT2D eigenvalue weighted by atomic mass is 32.2. The van der Waals surface area contributed by atoms with Gasteiger partial charge in [0.05, 0.1) is 5.25 Å². The molecule has 1 aliphatic heterocycles. The molecule has 59 valence electrons. The standard InChI is InChI=1S/C6H12NO2S/c1-10(8,9)6-2-4-7-5-3-6/h6H,2-5H2,1H3. The zero-order valence-corrected chi connectivity index (χ0v) is 6.89. The first-order chi connectivity index (χ1) is 4.61. The summed E-state index contributed by atoms with van der Waals surface area (Å²) in [5, 5.41) is 3.96. The van der Waals surface area contributed by atoms with E-state index in [1.807, 2.05) is 0 Å². The summed E-state index contributed by atoms with van der Waals surface area (Å²) in [5.41, 5.74) is 0. The van der Waals surface area contributed by atoms with Gasteiger partial charge in [-0.1, -0.05) is 0 Å². The fraction of sp³-hybridized carbons (Fsp3) is 1.00. The lowest BCUT2D eigenvalue weighted by atomic mass is 10.2. The molecule has 0 atom stereocenters. The van der Waals surface area contributed by atoms with Crippen LogP contribution in [-0.2, 0) is 9.84 Å². The number of hydrogen-bond donors (Lipinski definition) is 0. The Morgan fingerprint density at radius 3 is 2.10 bits per heavy atom. The quantitative estimate of drug-likeness (QED) is 0.536. The predicted octanol–water partition coefficient (Wildman–Crippen LogP) is -0.202. The fourth-order valence-electron chi connectivity index (χ4n) is 1.15. The summed E-state index contributed by atoms with van der Waals surface area (Å²) in [5.74, 6) is 0. The van der Waals surface area contributed by atoms with Crippen LogP contribution in [-0.4, -0.2) is 33.0 Å². The molecule has 0 saturated carbocycles. The van der Waals surface area contributed by atoms with Crippen LogP contribution in [0.3, 0.4) is 0 Å². The van der Waals surface area contributed by atoms with Crippen LogP contribution < -0.4 is 5.32 Å². The van der Waals surface area contributed by atoms with Crippen molar-refractivity contribution in [2.45, 2.75) is 18.1 Å². The molecule has 0 aromatic rings. The second kappa shape index (κ2) is 2.88. The van der Waals surface area contributed by atoms with Gasteiger partial charge in [0, 0.05) is 19.3 Å². The van der Waals surface area contributed by atoms with Crippen molar-refractivity contribution < 1.29 is 8.42 Å². The Labute approximate surface area is 61.7 Å². The largest absolute Gasteiger partial charge is 0.242 e. The molecule has 0 aliphatic carbocycles. The van der Waals surface area contributed by atoms with E-state index < -0.39 is 9.84 Å². The van der Waals surface area contributed by atoms with Crippen LogP contribution >= 0.6 is 0 Å². The van der Waals surface area contributed by atoms with Gasteiger partial charge in [-0.2, -0.15) is 0 Å². The maximum atomic E-state index is 10.9. The van der Waals surface area contributed by atoms with Gasteiger partial charge in [-0.05, 0) is 12.8 Å². The van der Waals surface area contributed by atoms with E-state index in [2.05, 4.69) is 5.32 Å². The van der Waals surface area contributed by atoms with Gasteiger partial charge < -0.3 is 0 Å². The number of nitrogens with zero attached hydrogens (tertiary/aromatic N) is 1. The van der Waals surface area contributed by atoms with Crippen LogP contribution in [0, 0.1) is 0 Å². The zero-order chi connectivity index (χ0) is 7.61. The van der Waals surface area contributed by atoms with Gasteiger partial charge in [-0.3, -0.25) is 0 Å². The van der Waals surface area contributed by atoms with Crippen molar-refractivity contribution in [1.29, 1.82) is 0 Å². The number of rotatable bonds is 1. The molecule has 0 unspecified atom stereocenters. The molecule has 1 heterocycles. The molecule has 0 spiro atoms. The molecule has 10 heavy (non-hydrogen) atoms. The Morgan fingerprint density at radius 2 is 1.80 bits per heavy atom. The molecule has 0 aromatic carbocycles. The molecule has 0 N–H and O–H groups in total. The summed E-state index contributed by atoms with van der Waals surface area (Å²) >= 11 is 0. The Morgan fingerprint density at radius 1 is 1.30 bits per heavy atom. The Kier molecular flexibility index (Phi) is 2.31. The molecule has 1 aliphatic rings. The van der Waals surface area contributed by atoms with Crippen molar-refractivity contribution in [1.82, 2.24) is 5.32 Å². The van der Waals surface area contributed by atoms with Gasteiger partial charge >= 0.3 is 0 Å². The zero-order valence-electron chi connectivity index (χ0n) is 6.08. The fourth-order valence-corrected chi connectivity index (χ4v) is 2.22. The van der Waals surface area contributed by atoms with Gasteiger partial charge in [0.25, 0.3) is 0 Å². The number of hydrogen-bond acceptors (Lipinski definition) is 2. The molecule has 4 heteroatoms. The lowest BCUT2D eigenvalue weighted by molar-refractivity contribution is 0.493. The summed E-state index contributed by atoms with van der Waals surface area (Å²) in [6.07, 6.45) is 2.75. The van der Waals surface area contributed by atoms with Crippen molar-refractivity contribution in [2.75, 3.05) is 19.3 Å². The highest BCUT2D eigenvalue weighted by Crippen LogP contribution is 2.11. The van der Waals surface area contributed by atoms with Crippen LogP contribution in [0.4, 0.5) is 0 Å². The van der Waals surface area contributed by atoms with E-state index in [1.165, 1.54) is 6.26 Å². The molecule has 1 radical (unpaired) electrons. The van der Waals surface area contributed by atoms with E-state index in [0.717, 1.165) is 25.9 Å². The van der Waals surface area contributed by atoms with E-state index in [4.69, 9.17) is 0 Å². The minimum Gasteiger partial charge on any atom is -0.242 e. The lowest BCUT2D eigenvalue weighted by Crippen LogP contribution is -2.31. The van der Waals surface area contributed by atoms with Crippen molar-refractivity contribution >= 4 is 9.84 Å². The summed E-state index contributed by atoms with van der Waals surface area (Å²) in [6, 6.07) is 0. The molecule has 0 aromatic heterocycles. The number of piperidine rings is 1. The van der Waals surface area contributed by atoms with Gasteiger partial charge in [0.2, 0.25) is 0 Å². The Balaban J connectivity index is 2.56. The van der Waals surface area contributed by atoms with E-state index in [1.54, 1.807) is 0 Å². The van der Waals surface area contributed by atoms with Gasteiger partial charge in [0.1, 0.15) is 9.84 Å². The maximum absolute atomic E-state index is 10.9. The second-order valence-corrected chi connectivity index (χ2v) is 5.03. The normalized spacial score (nSPS) is 22.9. The highest BCUT2D eigenvalue weighted by molar-refractivity contribution is 7.91. The van der Waals surface area contributed by atoms with Crippen molar-refractivity contribution in [3.8, 4) is 0 Å². The highest BCUT2D eigenvalue weighted by Gasteiger charge is 2.22. The van der Waals surface area contributed by atoms with Gasteiger partial charge in [-0.25, -0.2) is 13.7 Å². The van der Waals surface area contributed by atoms with Crippen molar-refractivity contribution in [3.63, 3.8) is 0 Å². The van der Waals surface area contributed by atoms with Crippen molar-refractivity contribution in [3.05, 3.63) is 0 Å². The van der Waals surface area contributed by atoms with Crippen LogP contribution in [0.2, 0.25) is 0 Å². The van der Waals surface area contributed by atoms with E-state index >= 15 is 0 Å². The average molecular weight is 162 g/mol. The molecule has 0 amide bonds. The maximum Gasteiger partial charge on any atom is 0.150 e. The van der Waals surface area contributed by atoms with Gasteiger partial charge in [0.15, 0.2) is 0 Å². The molecule has 1 saturated heterocycles. The molecule has 1 rings (SSSR count). The third-order valence-corrected chi connectivity index (χ3v) is 3.51. The average Bonchev–Trinajstić information content (AvgIpc) is 1.88. The van der Waals surface area contributed by atoms with E-state index in [9.17, 15) is 8.42 Å². The number of sulfone groups is 1. The Hall–Kier alpha value is -0.0900. The molecular weight excluding hydrogens is 150 g/mol. The topological polar surface area (TPSA) is 48.2 Å². The second-order valence-electron chi connectivity index (χ2n) is 2.70. The van der Waals surface area contributed by atoms with E-state index in [-0.39, 0.29) is 5.25 Å². The smallest absolute Gasteiger partial charge is 0.150 e. The first-order valence-electron chi connectivity index (χ1n) is 3.43. The summed E-state index contributed by atoms with van der Waals surface area (Å²) < 4.78 is 21.9. The minimum absolute atomic E-state index is 0.120. The third kappa shape index (κ3) is 1.95. The van der Waals surface area contributed by atoms with Crippen LogP contribution in [0.25, 0.3) is 0 Å². The molecule has 3 nitrogen and oxygen atoms in total. The van der Waals surface area contributed by atoms with Gasteiger partial charge in [-0.15, -0.1) is 0 Å². The predicted molar refractivity (Wildman–Crippen MR) is 39.7 cm³/mol. The third-order valence-electron chi connectivity index (χ3n) is 1.82. The first-order valence-corrected chi connectivity index (χ1v) is 5.38. The summed E-state index contributed by atoms with van der Waals surface area (Å²) in [7, 11) is -2.79. The van der Waals surface area contributed by atoms with Crippen molar-refractivity contribution in [2.24, 2.45) is 0 Å². The monoisotopic (exact) mass is 162 g/mol. The summed E-state index contributed by atoms with van der Waals surface area (Å²) in [4.78, 5) is 0. The molecular formula is C6H12NO2S.